The highest BCUT2D eigenvalue weighted by atomic mass is 19.1. The molecule has 45 heavy (non-hydrogen) atoms. The van der Waals surface area contributed by atoms with E-state index in [1.165, 1.54) is 0 Å². The summed E-state index contributed by atoms with van der Waals surface area (Å²) in [4.78, 5) is 26.3. The smallest absolute Gasteiger partial charge is 0.283 e. The van der Waals surface area contributed by atoms with Gasteiger partial charge in [-0.15, -0.1) is 0 Å². The molecule has 0 radical (unpaired) electrons. The minimum atomic E-state index is -1.04. The molecular weight excluding hydrogens is 569 g/mol. The van der Waals surface area contributed by atoms with E-state index >= 15 is 0 Å². The average Bonchev–Trinajstić information content (AvgIpc) is 3.45. The molecule has 0 unspecified atom stereocenters. The number of rotatable bonds is 9. The number of nitrogens with zero attached hydrogens (tertiary/aromatic N) is 5. The molecule has 1 atom stereocenters. The van der Waals surface area contributed by atoms with Crippen LogP contribution in [0.5, 0.6) is 0 Å². The van der Waals surface area contributed by atoms with Gasteiger partial charge >= 0.3 is 0 Å². The molecule has 4 heterocycles. The number of amides is 1. The molecular formula is C34H38FN9O. The van der Waals surface area contributed by atoms with Crippen LogP contribution in [-0.2, 0) is 11.3 Å². The van der Waals surface area contributed by atoms with Gasteiger partial charge in [-0.3, -0.25) is 9.78 Å². The number of hydrogen-bond donors (Lipinski definition) is 4. The van der Waals surface area contributed by atoms with Crippen molar-refractivity contribution in [2.24, 2.45) is 0 Å². The van der Waals surface area contributed by atoms with E-state index in [1.54, 1.807) is 22.8 Å². The van der Waals surface area contributed by atoms with Gasteiger partial charge in [0.15, 0.2) is 11.5 Å². The lowest BCUT2D eigenvalue weighted by Gasteiger charge is -2.36. The molecule has 2 aromatic carbocycles. The lowest BCUT2D eigenvalue weighted by molar-refractivity contribution is -0.114. The van der Waals surface area contributed by atoms with Crippen LogP contribution >= 0.6 is 0 Å². The number of aromatic nitrogens is 5. The van der Waals surface area contributed by atoms with Crippen LogP contribution in [0, 0.1) is 0 Å². The van der Waals surface area contributed by atoms with Crippen LogP contribution in [0.15, 0.2) is 73.3 Å². The number of halogens is 1. The highest BCUT2D eigenvalue weighted by molar-refractivity contribution is 6.04. The molecule has 232 valence electrons. The van der Waals surface area contributed by atoms with E-state index in [1.807, 2.05) is 36.5 Å². The van der Waals surface area contributed by atoms with E-state index in [2.05, 4.69) is 66.7 Å². The van der Waals surface area contributed by atoms with Gasteiger partial charge in [-0.2, -0.15) is 19.6 Å². The van der Waals surface area contributed by atoms with Crippen LogP contribution in [0.3, 0.4) is 0 Å². The molecule has 1 fully saturated rings. The summed E-state index contributed by atoms with van der Waals surface area (Å²) in [6.45, 7) is 13.1. The average molecular weight is 608 g/mol. The summed E-state index contributed by atoms with van der Waals surface area (Å²) < 4.78 is 15.0. The van der Waals surface area contributed by atoms with Crippen molar-refractivity contribution < 1.29 is 9.18 Å². The van der Waals surface area contributed by atoms with E-state index in [9.17, 15) is 9.18 Å². The molecule has 3 aromatic heterocycles. The normalized spacial score (nSPS) is 16.2. The molecule has 1 aliphatic rings. The number of benzene rings is 2. The third-order valence-electron chi connectivity index (χ3n) is 8.27. The van der Waals surface area contributed by atoms with Crippen LogP contribution in [0.2, 0.25) is 0 Å². The Labute approximate surface area is 261 Å². The fourth-order valence-electron chi connectivity index (χ4n) is 5.66. The quantitative estimate of drug-likeness (QED) is 0.141. The highest BCUT2D eigenvalue weighted by Crippen LogP contribution is 2.32. The second kappa shape index (κ2) is 12.2. The van der Waals surface area contributed by atoms with Crippen LogP contribution in [0.1, 0.15) is 57.6 Å². The molecule has 1 amide bonds. The minimum absolute atomic E-state index is 0.126. The van der Waals surface area contributed by atoms with Crippen molar-refractivity contribution >= 4 is 39.9 Å². The molecule has 5 aromatic rings. The van der Waals surface area contributed by atoms with Gasteiger partial charge in [0.25, 0.3) is 5.91 Å². The number of pyridine rings is 1. The Balaban J connectivity index is 1.30. The van der Waals surface area contributed by atoms with Crippen molar-refractivity contribution in [3.8, 4) is 11.3 Å². The lowest BCUT2D eigenvalue weighted by Crippen LogP contribution is -2.50. The zero-order valence-electron chi connectivity index (χ0n) is 26.0. The third kappa shape index (κ3) is 6.48. The van der Waals surface area contributed by atoms with Crippen molar-refractivity contribution in [2.75, 3.05) is 22.5 Å². The molecule has 10 nitrogen and oxygen atoms in total. The Bertz CT molecular complexity index is 1890. The number of piperidine rings is 1. The number of nitrogens with one attached hydrogen (secondary N) is 4. The number of fused-ring (bicyclic) bond motifs is 2. The zero-order valence-corrected chi connectivity index (χ0v) is 26.0. The first kappa shape index (κ1) is 30.1. The van der Waals surface area contributed by atoms with Crippen LogP contribution in [-0.4, -0.2) is 48.6 Å². The summed E-state index contributed by atoms with van der Waals surface area (Å²) in [7, 11) is 0. The third-order valence-corrected chi connectivity index (χ3v) is 8.27. The second-order valence-electron chi connectivity index (χ2n) is 12.5. The van der Waals surface area contributed by atoms with Gasteiger partial charge in [-0.05, 0) is 61.8 Å². The van der Waals surface area contributed by atoms with Gasteiger partial charge in [-0.1, -0.05) is 50.8 Å². The summed E-state index contributed by atoms with van der Waals surface area (Å²) in [6.07, 6.45) is 5.68. The van der Waals surface area contributed by atoms with Gasteiger partial charge in [0.2, 0.25) is 11.9 Å². The summed E-state index contributed by atoms with van der Waals surface area (Å²) in [5.41, 5.74) is 5.19. The molecule has 6 rings (SSSR count). The van der Waals surface area contributed by atoms with Crippen molar-refractivity contribution in [1.29, 1.82) is 0 Å². The fraction of sp³-hybridized carbons (Fsp3) is 0.324. The first-order valence-electron chi connectivity index (χ1n) is 15.2. The van der Waals surface area contributed by atoms with Crippen molar-refractivity contribution in [3.63, 3.8) is 0 Å². The summed E-state index contributed by atoms with van der Waals surface area (Å²) in [5, 5.41) is 19.6. The number of anilines is 3. The molecule has 0 bridgehead atoms. The first-order valence-corrected chi connectivity index (χ1v) is 15.2. The predicted octanol–water partition coefficient (Wildman–Crippen LogP) is 6.44. The maximum atomic E-state index is 13.3. The van der Waals surface area contributed by atoms with Gasteiger partial charge in [-0.25, -0.2) is 4.39 Å². The molecule has 4 N–H and O–H groups in total. The van der Waals surface area contributed by atoms with Crippen LogP contribution in [0.25, 0.3) is 27.7 Å². The standard InChI is InChI=1S/C34H38FN9O/c1-20(2)28-19-39-44-30(28)42-32(41-25-12-14-34(4,5)38-18-25)43-33(44)37-17-23-8-6-7-9-26(23)29-27-11-10-24(40-31(45)21(3)35)16-22(27)13-15-36-29/h6-11,13,15-16,19-20,25,38H,3,12,14,17-18H2,1-2,4-5H3,(H,40,45)(H2,37,41,42,43)/t25-/m0/s1. The summed E-state index contributed by atoms with van der Waals surface area (Å²) in [5.74, 6) is -0.495. The SMILES string of the molecule is C=C(F)C(=O)Nc1ccc2c(-c3ccccc3CNc3nc(N[C@H]4CCC(C)(C)NC4)nc4c(C(C)C)cnn34)nccc2c1. The van der Waals surface area contributed by atoms with E-state index in [0.29, 0.717) is 24.1 Å². The Morgan fingerprint density at radius 1 is 1.18 bits per heavy atom. The minimum Gasteiger partial charge on any atom is -0.350 e. The van der Waals surface area contributed by atoms with Crippen molar-refractivity contribution in [1.82, 2.24) is 29.9 Å². The topological polar surface area (TPSA) is 121 Å². The number of carbonyl (C=O) groups is 1. The van der Waals surface area contributed by atoms with Gasteiger partial charge < -0.3 is 21.3 Å². The maximum Gasteiger partial charge on any atom is 0.283 e. The Morgan fingerprint density at radius 3 is 2.76 bits per heavy atom. The maximum absolute atomic E-state index is 13.3. The van der Waals surface area contributed by atoms with Gasteiger partial charge in [0.05, 0.1) is 11.9 Å². The Hall–Kier alpha value is -4.90. The molecule has 0 spiro atoms. The number of hydrogen-bond acceptors (Lipinski definition) is 8. The highest BCUT2D eigenvalue weighted by Gasteiger charge is 2.27. The summed E-state index contributed by atoms with van der Waals surface area (Å²) in [6, 6.07) is 15.5. The van der Waals surface area contributed by atoms with E-state index in [-0.39, 0.29) is 17.5 Å². The Kier molecular flexibility index (Phi) is 8.20. The van der Waals surface area contributed by atoms with Crippen molar-refractivity contribution in [3.05, 3.63) is 84.5 Å². The lowest BCUT2D eigenvalue weighted by atomic mass is 9.91. The predicted molar refractivity (Wildman–Crippen MR) is 177 cm³/mol. The number of carbonyl (C=O) groups excluding carboxylic acids is 1. The van der Waals surface area contributed by atoms with Gasteiger partial charge in [0, 0.05) is 53.1 Å². The fourth-order valence-corrected chi connectivity index (χ4v) is 5.66. The van der Waals surface area contributed by atoms with Crippen molar-refractivity contribution in [2.45, 2.75) is 64.6 Å². The molecule has 0 saturated carbocycles. The molecule has 0 aliphatic carbocycles. The van der Waals surface area contributed by atoms with E-state index in [4.69, 9.17) is 15.0 Å². The monoisotopic (exact) mass is 607 g/mol. The second-order valence-corrected chi connectivity index (χ2v) is 12.5. The van der Waals surface area contributed by atoms with E-state index < -0.39 is 11.7 Å². The largest absolute Gasteiger partial charge is 0.350 e. The summed E-state index contributed by atoms with van der Waals surface area (Å²) >= 11 is 0. The zero-order chi connectivity index (χ0) is 31.7. The first-order chi connectivity index (χ1) is 21.6. The Morgan fingerprint density at radius 2 is 2.00 bits per heavy atom. The van der Waals surface area contributed by atoms with Crippen LogP contribution < -0.4 is 21.3 Å². The van der Waals surface area contributed by atoms with E-state index in [0.717, 1.165) is 58.2 Å². The molecule has 11 heteroatoms. The molecule has 1 saturated heterocycles. The molecule has 1 aliphatic heterocycles. The van der Waals surface area contributed by atoms with Gasteiger partial charge in [0.1, 0.15) is 0 Å². The van der Waals surface area contributed by atoms with Crippen LogP contribution in [0.4, 0.5) is 22.0 Å².